The van der Waals surface area contributed by atoms with E-state index in [1.54, 1.807) is 0 Å². The van der Waals surface area contributed by atoms with E-state index in [1.165, 1.54) is 12.8 Å². The van der Waals surface area contributed by atoms with Crippen LogP contribution >= 0.6 is 0 Å². The highest BCUT2D eigenvalue weighted by Crippen LogP contribution is 2.24. The maximum atomic E-state index is 5.76. The molecule has 0 bridgehead atoms. The summed E-state index contributed by atoms with van der Waals surface area (Å²) in [4.78, 5) is 0. The summed E-state index contributed by atoms with van der Waals surface area (Å²) in [6.07, 6.45) is 2.54. The third kappa shape index (κ3) is 10.0. The van der Waals surface area contributed by atoms with Crippen LogP contribution in [-0.2, 0) is 4.74 Å². The van der Waals surface area contributed by atoms with Crippen LogP contribution in [0.3, 0.4) is 0 Å². The van der Waals surface area contributed by atoms with E-state index in [4.69, 9.17) is 4.74 Å². The molecule has 0 spiro atoms. The Labute approximate surface area is 90.2 Å². The third-order valence-electron chi connectivity index (χ3n) is 2.19. The SMILES string of the molecule is CC(CCC(C)(C)C)COC(C)(C)C. The molecule has 0 aromatic rings. The molecule has 0 heterocycles. The van der Waals surface area contributed by atoms with Crippen molar-refractivity contribution in [3.05, 3.63) is 0 Å². The first-order valence-electron chi connectivity index (χ1n) is 5.74. The quantitative estimate of drug-likeness (QED) is 0.658. The fraction of sp³-hybridized carbons (Fsp3) is 1.00. The smallest absolute Gasteiger partial charge is 0.0598 e. The zero-order valence-electron chi connectivity index (χ0n) is 11.1. The summed E-state index contributed by atoms with van der Waals surface area (Å²) in [6, 6.07) is 0. The predicted octanol–water partition coefficient (Wildman–Crippen LogP) is 4.26. The lowest BCUT2D eigenvalue weighted by Gasteiger charge is -2.24. The van der Waals surface area contributed by atoms with Crippen molar-refractivity contribution in [2.45, 2.75) is 66.9 Å². The molecule has 0 rings (SSSR count). The minimum atomic E-state index is 0.00991. The van der Waals surface area contributed by atoms with E-state index in [0.29, 0.717) is 11.3 Å². The van der Waals surface area contributed by atoms with Crippen LogP contribution in [0.2, 0.25) is 0 Å². The second-order valence-electron chi connectivity index (χ2n) is 6.63. The predicted molar refractivity (Wildman–Crippen MR) is 63.6 cm³/mol. The normalized spacial score (nSPS) is 15.6. The molecule has 0 aliphatic heterocycles. The van der Waals surface area contributed by atoms with Crippen LogP contribution in [0.1, 0.15) is 61.3 Å². The molecule has 1 nitrogen and oxygen atoms in total. The van der Waals surface area contributed by atoms with Crippen LogP contribution in [0.4, 0.5) is 0 Å². The lowest BCUT2D eigenvalue weighted by Crippen LogP contribution is -2.23. The topological polar surface area (TPSA) is 9.23 Å². The van der Waals surface area contributed by atoms with Gasteiger partial charge in [-0.15, -0.1) is 0 Å². The first-order chi connectivity index (χ1) is 6.10. The Bertz CT molecular complexity index is 130. The molecule has 1 atom stereocenters. The second-order valence-corrected chi connectivity index (χ2v) is 6.63. The van der Waals surface area contributed by atoms with Gasteiger partial charge in [-0.2, -0.15) is 0 Å². The molecule has 86 valence electrons. The fourth-order valence-electron chi connectivity index (χ4n) is 1.16. The van der Waals surface area contributed by atoms with Crippen molar-refractivity contribution in [1.82, 2.24) is 0 Å². The van der Waals surface area contributed by atoms with Gasteiger partial charge in [-0.3, -0.25) is 0 Å². The standard InChI is InChI=1S/C13H28O/c1-11(8-9-12(2,3)4)10-14-13(5,6)7/h11H,8-10H2,1-7H3. The Morgan fingerprint density at radius 2 is 1.50 bits per heavy atom. The summed E-state index contributed by atoms with van der Waals surface area (Å²) in [6.45, 7) is 16.4. The molecule has 0 radical (unpaired) electrons. The maximum Gasteiger partial charge on any atom is 0.0598 e. The minimum Gasteiger partial charge on any atom is -0.376 e. The first kappa shape index (κ1) is 14.0. The van der Waals surface area contributed by atoms with Gasteiger partial charge in [-0.05, 0) is 44.9 Å². The third-order valence-corrected chi connectivity index (χ3v) is 2.19. The van der Waals surface area contributed by atoms with Crippen LogP contribution in [0.25, 0.3) is 0 Å². The summed E-state index contributed by atoms with van der Waals surface area (Å²) < 4.78 is 5.76. The van der Waals surface area contributed by atoms with E-state index >= 15 is 0 Å². The molecular weight excluding hydrogens is 172 g/mol. The van der Waals surface area contributed by atoms with Crippen molar-refractivity contribution in [3.8, 4) is 0 Å². The van der Waals surface area contributed by atoms with E-state index in [2.05, 4.69) is 48.5 Å². The lowest BCUT2D eigenvalue weighted by atomic mass is 9.87. The van der Waals surface area contributed by atoms with Gasteiger partial charge in [-0.1, -0.05) is 27.7 Å². The van der Waals surface area contributed by atoms with Crippen LogP contribution < -0.4 is 0 Å². The van der Waals surface area contributed by atoms with Crippen LogP contribution in [0.5, 0.6) is 0 Å². The van der Waals surface area contributed by atoms with Gasteiger partial charge in [0.2, 0.25) is 0 Å². The Morgan fingerprint density at radius 1 is 1.00 bits per heavy atom. The molecule has 0 amide bonds. The molecule has 1 heteroatoms. The monoisotopic (exact) mass is 200 g/mol. The van der Waals surface area contributed by atoms with Gasteiger partial charge in [0.25, 0.3) is 0 Å². The van der Waals surface area contributed by atoms with Crippen LogP contribution in [-0.4, -0.2) is 12.2 Å². The van der Waals surface area contributed by atoms with Gasteiger partial charge in [0.15, 0.2) is 0 Å². The minimum absolute atomic E-state index is 0.00991. The van der Waals surface area contributed by atoms with Gasteiger partial charge >= 0.3 is 0 Å². The van der Waals surface area contributed by atoms with Crippen molar-refractivity contribution < 1.29 is 4.74 Å². The lowest BCUT2D eigenvalue weighted by molar-refractivity contribution is -0.0218. The highest BCUT2D eigenvalue weighted by atomic mass is 16.5. The summed E-state index contributed by atoms with van der Waals surface area (Å²) in [5.74, 6) is 0.674. The number of hydrogen-bond acceptors (Lipinski definition) is 1. The molecular formula is C13H28O. The molecule has 0 aliphatic carbocycles. The Hall–Kier alpha value is -0.0400. The van der Waals surface area contributed by atoms with Crippen molar-refractivity contribution in [1.29, 1.82) is 0 Å². The van der Waals surface area contributed by atoms with Crippen molar-refractivity contribution in [2.75, 3.05) is 6.61 Å². The molecule has 0 aromatic carbocycles. The highest BCUT2D eigenvalue weighted by molar-refractivity contribution is 4.65. The van der Waals surface area contributed by atoms with E-state index in [1.807, 2.05) is 0 Å². The van der Waals surface area contributed by atoms with Gasteiger partial charge in [0.05, 0.1) is 5.60 Å². The molecule has 0 aliphatic rings. The van der Waals surface area contributed by atoms with E-state index < -0.39 is 0 Å². The second kappa shape index (κ2) is 5.16. The van der Waals surface area contributed by atoms with Crippen molar-refractivity contribution >= 4 is 0 Å². The molecule has 14 heavy (non-hydrogen) atoms. The molecule has 0 saturated carbocycles. The molecule has 0 aromatic heterocycles. The number of ether oxygens (including phenoxy) is 1. The number of hydrogen-bond donors (Lipinski definition) is 0. The number of rotatable bonds is 4. The average Bonchev–Trinajstić information content (AvgIpc) is 1.94. The zero-order chi connectivity index (χ0) is 11.4. The van der Waals surface area contributed by atoms with Gasteiger partial charge in [0.1, 0.15) is 0 Å². The van der Waals surface area contributed by atoms with Crippen molar-refractivity contribution in [2.24, 2.45) is 11.3 Å². The molecule has 0 N–H and O–H groups in total. The first-order valence-corrected chi connectivity index (χ1v) is 5.74. The summed E-state index contributed by atoms with van der Waals surface area (Å²) >= 11 is 0. The van der Waals surface area contributed by atoms with Crippen LogP contribution in [0, 0.1) is 11.3 Å². The van der Waals surface area contributed by atoms with Crippen LogP contribution in [0.15, 0.2) is 0 Å². The zero-order valence-corrected chi connectivity index (χ0v) is 11.1. The van der Waals surface area contributed by atoms with Gasteiger partial charge < -0.3 is 4.74 Å². The fourth-order valence-corrected chi connectivity index (χ4v) is 1.16. The molecule has 0 saturated heterocycles. The highest BCUT2D eigenvalue weighted by Gasteiger charge is 2.15. The summed E-state index contributed by atoms with van der Waals surface area (Å²) in [7, 11) is 0. The average molecular weight is 200 g/mol. The van der Waals surface area contributed by atoms with Gasteiger partial charge in [-0.25, -0.2) is 0 Å². The van der Waals surface area contributed by atoms with Gasteiger partial charge in [0, 0.05) is 6.61 Å². The maximum absolute atomic E-state index is 5.76. The Morgan fingerprint density at radius 3 is 1.86 bits per heavy atom. The largest absolute Gasteiger partial charge is 0.376 e. The van der Waals surface area contributed by atoms with E-state index in [0.717, 1.165) is 6.61 Å². The Balaban J connectivity index is 3.62. The van der Waals surface area contributed by atoms with E-state index in [9.17, 15) is 0 Å². The summed E-state index contributed by atoms with van der Waals surface area (Å²) in [5, 5.41) is 0. The van der Waals surface area contributed by atoms with Crippen molar-refractivity contribution in [3.63, 3.8) is 0 Å². The Kier molecular flexibility index (Phi) is 5.14. The summed E-state index contributed by atoms with van der Waals surface area (Å²) in [5.41, 5.74) is 0.464. The van der Waals surface area contributed by atoms with E-state index in [-0.39, 0.29) is 5.60 Å². The molecule has 1 unspecified atom stereocenters. The molecule has 0 fully saturated rings.